The number of hydrogen-bond donors (Lipinski definition) is 0. The van der Waals surface area contributed by atoms with Gasteiger partial charge in [-0.2, -0.15) is 0 Å². The molecule has 0 aromatic heterocycles. The highest BCUT2D eigenvalue weighted by Gasteiger charge is 2.10. The minimum absolute atomic E-state index is 0.161. The highest BCUT2D eigenvalue weighted by molar-refractivity contribution is 9.11. The molecule has 0 N–H and O–H groups in total. The lowest BCUT2D eigenvalue weighted by molar-refractivity contribution is 0.0572. The predicted octanol–water partition coefficient (Wildman–Crippen LogP) is 1.27. The summed E-state index contributed by atoms with van der Waals surface area (Å²) in [7, 11) is 0. The molecule has 1 heterocycles. The van der Waals surface area contributed by atoms with Gasteiger partial charge < -0.3 is 9.47 Å². The third kappa shape index (κ3) is 1.58. The Morgan fingerprint density at radius 1 is 1.62 bits per heavy atom. The molecular weight excluding hydrogens is 172 g/mol. The van der Waals surface area contributed by atoms with Gasteiger partial charge in [0.05, 0.1) is 6.61 Å². The van der Waals surface area contributed by atoms with E-state index in [1.165, 1.54) is 0 Å². The molecule has 1 rings (SSSR count). The van der Waals surface area contributed by atoms with Gasteiger partial charge in [0.25, 0.3) is 0 Å². The largest absolute Gasteiger partial charge is 0.352 e. The molecule has 1 aliphatic rings. The first-order valence-corrected chi connectivity index (χ1v) is 3.31. The Morgan fingerprint density at radius 3 is 3.00 bits per heavy atom. The zero-order chi connectivity index (χ0) is 5.82. The van der Waals surface area contributed by atoms with E-state index in [1.807, 2.05) is 6.08 Å². The van der Waals surface area contributed by atoms with Crippen molar-refractivity contribution >= 4 is 15.9 Å². The van der Waals surface area contributed by atoms with Crippen molar-refractivity contribution in [3.63, 3.8) is 0 Å². The summed E-state index contributed by atoms with van der Waals surface area (Å²) in [6.07, 6.45) is 2.07. The number of hydrogen-bond acceptors (Lipinski definition) is 2. The zero-order valence-electron chi connectivity index (χ0n) is 4.34. The second-order valence-electron chi connectivity index (χ2n) is 1.51. The lowest BCUT2D eigenvalue weighted by Crippen LogP contribution is -2.03. The van der Waals surface area contributed by atoms with Crippen LogP contribution in [0.3, 0.4) is 0 Å². The van der Waals surface area contributed by atoms with Gasteiger partial charge in [-0.05, 0) is 11.1 Å². The summed E-state index contributed by atoms with van der Waals surface area (Å²) >= 11 is 3.14. The second-order valence-corrected chi connectivity index (χ2v) is 2.04. The van der Waals surface area contributed by atoms with Crippen molar-refractivity contribution in [3.05, 3.63) is 11.1 Å². The van der Waals surface area contributed by atoms with Gasteiger partial charge in [-0.15, -0.1) is 0 Å². The highest BCUT2D eigenvalue weighted by atomic mass is 79.9. The van der Waals surface area contributed by atoms with E-state index in [1.54, 1.807) is 4.99 Å². The Bertz CT molecular complexity index is 86.4. The molecule has 8 heavy (non-hydrogen) atoms. The second kappa shape index (κ2) is 3.22. The number of rotatable bonds is 1. The van der Waals surface area contributed by atoms with E-state index >= 15 is 0 Å². The van der Waals surface area contributed by atoms with Crippen molar-refractivity contribution in [3.8, 4) is 0 Å². The lowest BCUT2D eigenvalue weighted by atomic mass is 10.4. The highest BCUT2D eigenvalue weighted by Crippen LogP contribution is 2.04. The van der Waals surface area contributed by atoms with Gasteiger partial charge in [0, 0.05) is 0 Å². The summed E-state index contributed by atoms with van der Waals surface area (Å²) in [5, 5.41) is 0. The molecule has 0 bridgehead atoms. The molecule has 0 unspecified atom stereocenters. The zero-order valence-corrected chi connectivity index (χ0v) is 5.93. The maximum absolute atomic E-state index is 5.05. The van der Waals surface area contributed by atoms with E-state index in [2.05, 4.69) is 15.9 Å². The van der Waals surface area contributed by atoms with Crippen LogP contribution in [0, 0.1) is 0 Å². The molecule has 2 nitrogen and oxygen atoms in total. The van der Waals surface area contributed by atoms with Gasteiger partial charge in [0.1, 0.15) is 12.9 Å². The van der Waals surface area contributed by atoms with Crippen molar-refractivity contribution in [2.45, 2.75) is 6.10 Å². The third-order valence-electron chi connectivity index (χ3n) is 0.935. The maximum Gasteiger partial charge on any atom is 0.147 e. The van der Waals surface area contributed by atoms with E-state index in [0.29, 0.717) is 13.4 Å². The van der Waals surface area contributed by atoms with E-state index in [9.17, 15) is 0 Å². The van der Waals surface area contributed by atoms with Crippen LogP contribution >= 0.6 is 15.9 Å². The number of halogens is 1. The van der Waals surface area contributed by atoms with E-state index in [0.717, 1.165) is 0 Å². The molecule has 0 aromatic rings. The molecule has 3 heteroatoms. The third-order valence-corrected chi connectivity index (χ3v) is 1.24. The first-order chi connectivity index (χ1) is 3.93. The topological polar surface area (TPSA) is 18.5 Å². The molecule has 0 radical (unpaired) electrons. The summed E-state index contributed by atoms with van der Waals surface area (Å²) in [5.74, 6) is 0. The van der Waals surface area contributed by atoms with Crippen molar-refractivity contribution in [2.24, 2.45) is 0 Å². The summed E-state index contributed by atoms with van der Waals surface area (Å²) in [6, 6.07) is 0. The fourth-order valence-corrected chi connectivity index (χ4v) is 0.881. The van der Waals surface area contributed by atoms with Crippen molar-refractivity contribution < 1.29 is 9.47 Å². The molecule has 0 amide bonds. The minimum Gasteiger partial charge on any atom is -0.352 e. The van der Waals surface area contributed by atoms with Crippen molar-refractivity contribution in [2.75, 3.05) is 13.4 Å². The van der Waals surface area contributed by atoms with Gasteiger partial charge in [-0.25, -0.2) is 0 Å². The van der Waals surface area contributed by atoms with Crippen LogP contribution in [0.15, 0.2) is 11.1 Å². The van der Waals surface area contributed by atoms with Gasteiger partial charge in [-0.3, -0.25) is 0 Å². The van der Waals surface area contributed by atoms with E-state index < -0.39 is 0 Å². The van der Waals surface area contributed by atoms with Crippen LogP contribution in [0.2, 0.25) is 0 Å². The average molecular weight is 179 g/mol. The summed E-state index contributed by atoms with van der Waals surface area (Å²) < 4.78 is 9.97. The van der Waals surface area contributed by atoms with E-state index in [4.69, 9.17) is 9.47 Å². The molecule has 0 spiro atoms. The molecule has 0 saturated carbocycles. The standard InChI is InChI=1S/C5H7BrO2/c6-2-1-5-3-7-4-8-5/h1-2,5H,3-4H2/t5-/m0/s1. The summed E-state index contributed by atoms with van der Waals surface area (Å²) in [5.41, 5.74) is 0. The van der Waals surface area contributed by atoms with Gasteiger partial charge in [0.15, 0.2) is 0 Å². The molecule has 1 saturated heterocycles. The minimum atomic E-state index is 0.161. The monoisotopic (exact) mass is 178 g/mol. The Hall–Kier alpha value is 0.140. The van der Waals surface area contributed by atoms with Crippen LogP contribution < -0.4 is 0 Å². The molecule has 0 aliphatic carbocycles. The quantitative estimate of drug-likeness (QED) is 0.603. The van der Waals surface area contributed by atoms with Crippen LogP contribution in [0.5, 0.6) is 0 Å². The van der Waals surface area contributed by atoms with Crippen molar-refractivity contribution in [1.29, 1.82) is 0 Å². The van der Waals surface area contributed by atoms with Crippen LogP contribution in [0.1, 0.15) is 0 Å². The number of ether oxygens (including phenoxy) is 2. The Labute approximate surface area is 56.6 Å². The van der Waals surface area contributed by atoms with Crippen molar-refractivity contribution in [1.82, 2.24) is 0 Å². The predicted molar refractivity (Wildman–Crippen MR) is 33.8 cm³/mol. The normalized spacial score (nSPS) is 29.9. The summed E-state index contributed by atoms with van der Waals surface area (Å²) in [6.45, 7) is 1.12. The molecule has 46 valence electrons. The maximum atomic E-state index is 5.05. The molecule has 1 aliphatic heterocycles. The van der Waals surface area contributed by atoms with Gasteiger partial charge >= 0.3 is 0 Å². The molecule has 1 atom stereocenters. The van der Waals surface area contributed by atoms with Crippen LogP contribution in [0.4, 0.5) is 0 Å². The van der Waals surface area contributed by atoms with Gasteiger partial charge in [-0.1, -0.05) is 15.9 Å². The Balaban J connectivity index is 2.24. The fourth-order valence-electron chi connectivity index (χ4n) is 0.540. The first kappa shape index (κ1) is 6.26. The van der Waals surface area contributed by atoms with Crippen LogP contribution in [-0.2, 0) is 9.47 Å². The first-order valence-electron chi connectivity index (χ1n) is 2.39. The van der Waals surface area contributed by atoms with Gasteiger partial charge in [0.2, 0.25) is 0 Å². The molecule has 0 aromatic carbocycles. The summed E-state index contributed by atoms with van der Waals surface area (Å²) in [4.78, 5) is 1.78. The Kier molecular flexibility index (Phi) is 2.52. The smallest absolute Gasteiger partial charge is 0.147 e. The molecular formula is C5H7BrO2. The lowest BCUT2D eigenvalue weighted by Gasteiger charge is -1.94. The molecule has 1 fully saturated rings. The fraction of sp³-hybridized carbons (Fsp3) is 0.600. The SMILES string of the molecule is BrC=C[C@H]1COCO1. The van der Waals surface area contributed by atoms with E-state index in [-0.39, 0.29) is 6.10 Å². The van der Waals surface area contributed by atoms with Crippen LogP contribution in [-0.4, -0.2) is 19.5 Å². The Morgan fingerprint density at radius 2 is 2.50 bits per heavy atom. The average Bonchev–Trinajstić information content (AvgIpc) is 2.19. The van der Waals surface area contributed by atoms with Crippen LogP contribution in [0.25, 0.3) is 0 Å².